The van der Waals surface area contributed by atoms with Gasteiger partial charge in [-0.1, -0.05) is 6.92 Å². The molecule has 0 saturated carbocycles. The van der Waals surface area contributed by atoms with Crippen LogP contribution in [0, 0.1) is 12.8 Å². The molecule has 5 heteroatoms. The molecule has 0 spiro atoms. The fourth-order valence-electron chi connectivity index (χ4n) is 3.23. The fraction of sp³-hybridized carbons (Fsp3) is 0.625. The van der Waals surface area contributed by atoms with E-state index in [0.29, 0.717) is 12.0 Å². The van der Waals surface area contributed by atoms with E-state index < -0.39 is 0 Å². The molecule has 3 atom stereocenters. The summed E-state index contributed by atoms with van der Waals surface area (Å²) in [6.45, 7) is 7.96. The summed E-state index contributed by atoms with van der Waals surface area (Å²) in [6.07, 6.45) is 4.34. The lowest BCUT2D eigenvalue weighted by Crippen LogP contribution is -2.21. The molecule has 1 aliphatic rings. The smallest absolute Gasteiger partial charge is 0.160 e. The summed E-state index contributed by atoms with van der Waals surface area (Å²) in [5.41, 5.74) is 3.05. The average Bonchev–Trinajstić information content (AvgIpc) is 3.05. The van der Waals surface area contributed by atoms with E-state index in [1.54, 1.807) is 0 Å². The van der Waals surface area contributed by atoms with Gasteiger partial charge in [0.05, 0.1) is 11.5 Å². The van der Waals surface area contributed by atoms with Crippen molar-refractivity contribution in [2.75, 3.05) is 6.61 Å². The van der Waals surface area contributed by atoms with Crippen molar-refractivity contribution in [3.05, 3.63) is 23.7 Å². The number of halogens is 1. The van der Waals surface area contributed by atoms with Crippen LogP contribution in [0.2, 0.25) is 0 Å². The number of hydrogen-bond donors (Lipinski definition) is 0. The highest BCUT2D eigenvalue weighted by Gasteiger charge is 2.29. The van der Waals surface area contributed by atoms with Gasteiger partial charge in [0.2, 0.25) is 0 Å². The highest BCUT2D eigenvalue weighted by Crippen LogP contribution is 2.30. The summed E-state index contributed by atoms with van der Waals surface area (Å²) in [6, 6.07) is 2.00. The Bertz CT molecular complexity index is 638. The minimum atomic E-state index is -0.124. The molecule has 0 bridgehead atoms. The Hall–Kier alpha value is -1.13. The fourth-order valence-corrected chi connectivity index (χ4v) is 3.39. The Morgan fingerprint density at radius 1 is 1.52 bits per heavy atom. The number of aryl methyl sites for hydroxylation is 1. The second-order valence-electron chi connectivity index (χ2n) is 5.86. The van der Waals surface area contributed by atoms with Crippen LogP contribution in [-0.4, -0.2) is 27.2 Å². The Morgan fingerprint density at radius 3 is 3.05 bits per heavy atom. The molecule has 4 nitrogen and oxygen atoms in total. The van der Waals surface area contributed by atoms with Crippen LogP contribution in [0.1, 0.15) is 43.5 Å². The molecule has 3 heterocycles. The van der Waals surface area contributed by atoms with E-state index in [1.807, 2.05) is 19.2 Å². The summed E-state index contributed by atoms with van der Waals surface area (Å²) < 4.78 is 8.01. The first kappa shape index (κ1) is 14.8. The summed E-state index contributed by atoms with van der Waals surface area (Å²) in [7, 11) is 0. The molecule has 3 unspecified atom stereocenters. The van der Waals surface area contributed by atoms with Gasteiger partial charge in [0.15, 0.2) is 5.65 Å². The molecule has 0 N–H and O–H groups in total. The molecular weight excluding hydrogens is 286 g/mol. The third-order valence-corrected chi connectivity index (χ3v) is 4.58. The normalized spacial score (nSPS) is 23.8. The van der Waals surface area contributed by atoms with Gasteiger partial charge in [-0.15, -0.1) is 11.6 Å². The van der Waals surface area contributed by atoms with Gasteiger partial charge in [0.25, 0.3) is 0 Å². The summed E-state index contributed by atoms with van der Waals surface area (Å²) in [5.74, 6) is 1.43. The lowest BCUT2D eigenvalue weighted by Gasteiger charge is -2.19. The highest BCUT2D eigenvalue weighted by molar-refractivity contribution is 6.20. The van der Waals surface area contributed by atoms with Crippen LogP contribution < -0.4 is 0 Å². The molecule has 21 heavy (non-hydrogen) atoms. The van der Waals surface area contributed by atoms with Gasteiger partial charge in [-0.05, 0) is 38.3 Å². The molecule has 1 saturated heterocycles. The first-order valence-corrected chi connectivity index (χ1v) is 8.12. The highest BCUT2D eigenvalue weighted by atomic mass is 35.5. The van der Waals surface area contributed by atoms with Crippen LogP contribution in [0.15, 0.2) is 12.3 Å². The van der Waals surface area contributed by atoms with Crippen molar-refractivity contribution in [1.82, 2.24) is 14.5 Å². The number of pyridine rings is 1. The number of alkyl halides is 1. The molecule has 2 aromatic heterocycles. The summed E-state index contributed by atoms with van der Waals surface area (Å²) in [5, 5.41) is -0.124. The first-order chi connectivity index (χ1) is 10.1. The molecule has 2 aromatic rings. The van der Waals surface area contributed by atoms with E-state index in [1.165, 1.54) is 0 Å². The quantitative estimate of drug-likeness (QED) is 0.805. The molecule has 0 aliphatic carbocycles. The van der Waals surface area contributed by atoms with Gasteiger partial charge in [-0.2, -0.15) is 0 Å². The molecular formula is C16H22ClN3O. The molecule has 0 amide bonds. The van der Waals surface area contributed by atoms with Gasteiger partial charge < -0.3 is 9.30 Å². The number of fused-ring (bicyclic) bond motifs is 1. The standard InChI is InChI=1S/C16H22ClN3O/c1-4-13-12(6-8-21-13)9-20-15(11(3)17)19-14-10(2)5-7-18-16(14)20/h5,7,11-13H,4,6,8-9H2,1-3H3. The van der Waals surface area contributed by atoms with Gasteiger partial charge in [-0.3, -0.25) is 0 Å². The van der Waals surface area contributed by atoms with Gasteiger partial charge in [0, 0.05) is 25.3 Å². The molecule has 3 rings (SSSR count). The van der Waals surface area contributed by atoms with E-state index >= 15 is 0 Å². The zero-order valence-electron chi connectivity index (χ0n) is 12.8. The van der Waals surface area contributed by atoms with Crippen molar-refractivity contribution in [2.45, 2.75) is 51.6 Å². The number of nitrogens with zero attached hydrogens (tertiary/aromatic N) is 3. The first-order valence-electron chi connectivity index (χ1n) is 7.69. The van der Waals surface area contributed by atoms with Crippen molar-refractivity contribution < 1.29 is 4.74 Å². The molecule has 0 aromatic carbocycles. The maximum atomic E-state index is 6.35. The minimum absolute atomic E-state index is 0.124. The van der Waals surface area contributed by atoms with Gasteiger partial charge in [-0.25, -0.2) is 9.97 Å². The number of rotatable bonds is 4. The minimum Gasteiger partial charge on any atom is -0.378 e. The predicted octanol–water partition coefficient (Wildman–Crippen LogP) is 3.85. The Kier molecular flexibility index (Phi) is 4.18. The van der Waals surface area contributed by atoms with Crippen molar-refractivity contribution in [1.29, 1.82) is 0 Å². The molecule has 1 aliphatic heterocycles. The van der Waals surface area contributed by atoms with E-state index in [2.05, 4.69) is 23.4 Å². The lowest BCUT2D eigenvalue weighted by molar-refractivity contribution is 0.0835. The van der Waals surface area contributed by atoms with Crippen LogP contribution in [0.3, 0.4) is 0 Å². The van der Waals surface area contributed by atoms with E-state index in [-0.39, 0.29) is 5.38 Å². The number of aromatic nitrogens is 3. The third-order valence-electron chi connectivity index (χ3n) is 4.39. The zero-order valence-corrected chi connectivity index (χ0v) is 13.6. The summed E-state index contributed by atoms with van der Waals surface area (Å²) in [4.78, 5) is 9.27. The van der Waals surface area contributed by atoms with Crippen molar-refractivity contribution in [3.8, 4) is 0 Å². The van der Waals surface area contributed by atoms with E-state index in [4.69, 9.17) is 21.3 Å². The Balaban J connectivity index is 2.03. The van der Waals surface area contributed by atoms with Crippen molar-refractivity contribution in [3.63, 3.8) is 0 Å². The van der Waals surface area contributed by atoms with Crippen LogP contribution >= 0.6 is 11.6 Å². The second kappa shape index (κ2) is 5.93. The largest absolute Gasteiger partial charge is 0.378 e. The van der Waals surface area contributed by atoms with Crippen LogP contribution in [0.25, 0.3) is 11.2 Å². The maximum absolute atomic E-state index is 6.35. The zero-order chi connectivity index (χ0) is 15.0. The number of ether oxygens (including phenoxy) is 1. The van der Waals surface area contributed by atoms with E-state index in [9.17, 15) is 0 Å². The third kappa shape index (κ3) is 2.67. The maximum Gasteiger partial charge on any atom is 0.160 e. The van der Waals surface area contributed by atoms with Crippen LogP contribution in [0.4, 0.5) is 0 Å². The topological polar surface area (TPSA) is 39.9 Å². The van der Waals surface area contributed by atoms with Gasteiger partial charge in [0.1, 0.15) is 11.3 Å². The average molecular weight is 308 g/mol. The summed E-state index contributed by atoms with van der Waals surface area (Å²) >= 11 is 6.35. The second-order valence-corrected chi connectivity index (χ2v) is 6.52. The van der Waals surface area contributed by atoms with Gasteiger partial charge >= 0.3 is 0 Å². The number of imidazole rings is 1. The molecule has 114 valence electrons. The Labute approximate surface area is 130 Å². The van der Waals surface area contributed by atoms with Crippen LogP contribution in [0.5, 0.6) is 0 Å². The predicted molar refractivity (Wildman–Crippen MR) is 84.7 cm³/mol. The molecule has 0 radical (unpaired) electrons. The SMILES string of the molecule is CCC1OCCC1Cn1c(C(C)Cl)nc2c(C)ccnc21. The van der Waals surface area contributed by atoms with Crippen molar-refractivity contribution >= 4 is 22.8 Å². The number of hydrogen-bond acceptors (Lipinski definition) is 3. The monoisotopic (exact) mass is 307 g/mol. The molecule has 1 fully saturated rings. The van der Waals surface area contributed by atoms with E-state index in [0.717, 1.165) is 48.5 Å². The Morgan fingerprint density at radius 2 is 2.33 bits per heavy atom. The van der Waals surface area contributed by atoms with Crippen molar-refractivity contribution in [2.24, 2.45) is 5.92 Å². The van der Waals surface area contributed by atoms with Crippen LogP contribution in [-0.2, 0) is 11.3 Å². The lowest BCUT2D eigenvalue weighted by atomic mass is 9.99.